The predicted molar refractivity (Wildman–Crippen MR) is 80.5 cm³/mol. The van der Waals surface area contributed by atoms with E-state index in [0.29, 0.717) is 13.0 Å². The molecule has 0 spiro atoms. The van der Waals surface area contributed by atoms with Crippen LogP contribution in [0.5, 0.6) is 0 Å². The molecule has 0 bridgehead atoms. The van der Waals surface area contributed by atoms with Gasteiger partial charge < -0.3 is 4.74 Å². The van der Waals surface area contributed by atoms with Gasteiger partial charge in [-0.2, -0.15) is 0 Å². The smallest absolute Gasteiger partial charge is 0.162 e. The SMILES string of the molecule is O=C(CCCOCC1CCCC1)c1ccc(Br)cc1. The highest BCUT2D eigenvalue weighted by atomic mass is 79.9. The Morgan fingerprint density at radius 2 is 1.89 bits per heavy atom. The number of ether oxygens (including phenoxy) is 1. The van der Waals surface area contributed by atoms with Gasteiger partial charge in [0, 0.05) is 29.7 Å². The fourth-order valence-corrected chi connectivity index (χ4v) is 2.81. The van der Waals surface area contributed by atoms with Crippen LogP contribution in [0.3, 0.4) is 0 Å². The van der Waals surface area contributed by atoms with Crippen molar-refractivity contribution in [3.05, 3.63) is 34.3 Å². The molecule has 0 radical (unpaired) electrons. The summed E-state index contributed by atoms with van der Waals surface area (Å²) in [6.45, 7) is 1.59. The zero-order chi connectivity index (χ0) is 13.5. The van der Waals surface area contributed by atoms with Gasteiger partial charge in [-0.25, -0.2) is 0 Å². The fourth-order valence-electron chi connectivity index (χ4n) is 2.54. The lowest BCUT2D eigenvalue weighted by molar-refractivity contribution is 0.0869. The Bertz CT molecular complexity index is 394. The maximum Gasteiger partial charge on any atom is 0.162 e. The summed E-state index contributed by atoms with van der Waals surface area (Å²) < 4.78 is 6.67. The Hall–Kier alpha value is -0.670. The van der Waals surface area contributed by atoms with Crippen molar-refractivity contribution in [2.45, 2.75) is 38.5 Å². The first-order valence-electron chi connectivity index (χ1n) is 7.12. The molecule has 1 saturated carbocycles. The summed E-state index contributed by atoms with van der Waals surface area (Å²) in [7, 11) is 0. The minimum Gasteiger partial charge on any atom is -0.381 e. The van der Waals surface area contributed by atoms with Crippen LogP contribution in [0.2, 0.25) is 0 Å². The first-order valence-corrected chi connectivity index (χ1v) is 7.91. The molecule has 1 aromatic rings. The van der Waals surface area contributed by atoms with E-state index in [1.807, 2.05) is 24.3 Å². The number of halogens is 1. The molecule has 1 aromatic carbocycles. The molecular weight excluding hydrogens is 304 g/mol. The second kappa shape index (κ2) is 7.81. The molecule has 0 heterocycles. The summed E-state index contributed by atoms with van der Waals surface area (Å²) in [6.07, 6.45) is 6.75. The molecule has 2 nitrogen and oxygen atoms in total. The molecule has 0 saturated heterocycles. The quantitative estimate of drug-likeness (QED) is 0.540. The first-order chi connectivity index (χ1) is 9.25. The first kappa shape index (κ1) is 14.7. The normalized spacial score (nSPS) is 15.8. The molecule has 1 fully saturated rings. The minimum atomic E-state index is 0.206. The maximum atomic E-state index is 11.9. The van der Waals surface area contributed by atoms with E-state index in [9.17, 15) is 4.79 Å². The largest absolute Gasteiger partial charge is 0.381 e. The van der Waals surface area contributed by atoms with Gasteiger partial charge in [-0.3, -0.25) is 4.79 Å². The monoisotopic (exact) mass is 324 g/mol. The lowest BCUT2D eigenvalue weighted by atomic mass is 10.1. The standard InChI is InChI=1S/C16H21BrO2/c17-15-9-7-14(8-10-15)16(18)6-3-11-19-12-13-4-1-2-5-13/h7-10,13H,1-6,11-12H2. The second-order valence-corrected chi connectivity index (χ2v) is 6.17. The molecule has 19 heavy (non-hydrogen) atoms. The van der Waals surface area contributed by atoms with Crippen molar-refractivity contribution < 1.29 is 9.53 Å². The Labute approximate surface area is 123 Å². The third kappa shape index (κ3) is 5.07. The average Bonchev–Trinajstić information content (AvgIpc) is 2.92. The van der Waals surface area contributed by atoms with Gasteiger partial charge >= 0.3 is 0 Å². The van der Waals surface area contributed by atoms with Crippen LogP contribution < -0.4 is 0 Å². The molecule has 1 aliphatic carbocycles. The zero-order valence-electron chi connectivity index (χ0n) is 11.2. The Kier molecular flexibility index (Phi) is 6.05. The van der Waals surface area contributed by atoms with E-state index < -0.39 is 0 Å². The molecule has 0 amide bonds. The molecular formula is C16H21BrO2. The van der Waals surface area contributed by atoms with Gasteiger partial charge in [-0.05, 0) is 37.3 Å². The lowest BCUT2D eigenvalue weighted by Crippen LogP contribution is -2.08. The van der Waals surface area contributed by atoms with E-state index in [1.54, 1.807) is 0 Å². The van der Waals surface area contributed by atoms with Crippen LogP contribution in [0.15, 0.2) is 28.7 Å². The van der Waals surface area contributed by atoms with Gasteiger partial charge in [-0.1, -0.05) is 40.9 Å². The molecule has 3 heteroatoms. The van der Waals surface area contributed by atoms with Gasteiger partial charge in [0.15, 0.2) is 5.78 Å². The fraction of sp³-hybridized carbons (Fsp3) is 0.562. The van der Waals surface area contributed by atoms with Gasteiger partial charge in [0.25, 0.3) is 0 Å². The lowest BCUT2D eigenvalue weighted by Gasteiger charge is -2.09. The highest BCUT2D eigenvalue weighted by Gasteiger charge is 2.14. The summed E-state index contributed by atoms with van der Waals surface area (Å²) in [5, 5.41) is 0. The summed E-state index contributed by atoms with van der Waals surface area (Å²) in [5.74, 6) is 0.971. The highest BCUT2D eigenvalue weighted by molar-refractivity contribution is 9.10. The van der Waals surface area contributed by atoms with Crippen molar-refractivity contribution in [3.8, 4) is 0 Å². The number of hydrogen-bond acceptors (Lipinski definition) is 2. The van der Waals surface area contributed by atoms with Gasteiger partial charge in [-0.15, -0.1) is 0 Å². The predicted octanol–water partition coefficient (Wildman–Crippen LogP) is 4.62. The molecule has 0 aliphatic heterocycles. The van der Waals surface area contributed by atoms with Crippen LogP contribution >= 0.6 is 15.9 Å². The third-order valence-electron chi connectivity index (χ3n) is 3.69. The summed E-state index contributed by atoms with van der Waals surface area (Å²) in [5.41, 5.74) is 0.791. The number of benzene rings is 1. The number of carbonyl (C=O) groups is 1. The van der Waals surface area contributed by atoms with E-state index in [-0.39, 0.29) is 5.78 Å². The van der Waals surface area contributed by atoms with E-state index >= 15 is 0 Å². The van der Waals surface area contributed by atoms with E-state index in [2.05, 4.69) is 15.9 Å². The Balaban J connectivity index is 1.59. The molecule has 0 aromatic heterocycles. The van der Waals surface area contributed by atoms with Crippen LogP contribution in [0.4, 0.5) is 0 Å². The number of carbonyl (C=O) groups excluding carboxylic acids is 1. The zero-order valence-corrected chi connectivity index (χ0v) is 12.8. The topological polar surface area (TPSA) is 26.3 Å². The summed E-state index contributed by atoms with van der Waals surface area (Å²) in [4.78, 5) is 11.9. The van der Waals surface area contributed by atoms with E-state index in [0.717, 1.165) is 29.0 Å². The highest BCUT2D eigenvalue weighted by Crippen LogP contribution is 2.24. The van der Waals surface area contributed by atoms with Crippen LogP contribution in [-0.2, 0) is 4.74 Å². The van der Waals surface area contributed by atoms with Crippen LogP contribution in [0.25, 0.3) is 0 Å². The van der Waals surface area contributed by atoms with Crippen LogP contribution in [0, 0.1) is 5.92 Å². The van der Waals surface area contributed by atoms with Gasteiger partial charge in [0.05, 0.1) is 0 Å². The average molecular weight is 325 g/mol. The summed E-state index contributed by atoms with van der Waals surface area (Å²) in [6, 6.07) is 7.55. The van der Waals surface area contributed by atoms with Gasteiger partial charge in [0.1, 0.15) is 0 Å². The van der Waals surface area contributed by atoms with E-state index in [4.69, 9.17) is 4.74 Å². The van der Waals surface area contributed by atoms with Crippen LogP contribution in [-0.4, -0.2) is 19.0 Å². The van der Waals surface area contributed by atoms with E-state index in [1.165, 1.54) is 25.7 Å². The van der Waals surface area contributed by atoms with Crippen molar-refractivity contribution in [2.24, 2.45) is 5.92 Å². The number of rotatable bonds is 7. The van der Waals surface area contributed by atoms with Crippen molar-refractivity contribution in [1.82, 2.24) is 0 Å². The molecule has 104 valence electrons. The summed E-state index contributed by atoms with van der Waals surface area (Å²) >= 11 is 3.37. The minimum absolute atomic E-state index is 0.206. The molecule has 2 rings (SSSR count). The second-order valence-electron chi connectivity index (χ2n) is 5.26. The number of Topliss-reactive ketones (excluding diaryl/α,β-unsaturated/α-hetero) is 1. The van der Waals surface area contributed by atoms with Crippen LogP contribution in [0.1, 0.15) is 48.9 Å². The maximum absolute atomic E-state index is 11.9. The molecule has 0 unspecified atom stereocenters. The van der Waals surface area contributed by atoms with Crippen molar-refractivity contribution in [2.75, 3.05) is 13.2 Å². The molecule has 0 N–H and O–H groups in total. The van der Waals surface area contributed by atoms with Crippen molar-refractivity contribution in [3.63, 3.8) is 0 Å². The molecule has 1 aliphatic rings. The molecule has 0 atom stereocenters. The Morgan fingerprint density at radius 1 is 1.21 bits per heavy atom. The van der Waals surface area contributed by atoms with Crippen molar-refractivity contribution >= 4 is 21.7 Å². The Morgan fingerprint density at radius 3 is 2.58 bits per heavy atom. The third-order valence-corrected chi connectivity index (χ3v) is 4.22. The van der Waals surface area contributed by atoms with Crippen molar-refractivity contribution in [1.29, 1.82) is 0 Å². The number of ketones is 1. The van der Waals surface area contributed by atoms with Gasteiger partial charge in [0.2, 0.25) is 0 Å². The number of hydrogen-bond donors (Lipinski definition) is 0.